The fraction of sp³-hybridized carbons (Fsp3) is 0.533. The highest BCUT2D eigenvalue weighted by Crippen LogP contribution is 2.30. The normalized spacial score (nSPS) is 23.1. The van der Waals surface area contributed by atoms with Crippen molar-refractivity contribution in [2.45, 2.75) is 26.2 Å². The molecule has 1 aromatic rings. The van der Waals surface area contributed by atoms with Crippen molar-refractivity contribution in [3.05, 3.63) is 33.8 Å². The van der Waals surface area contributed by atoms with E-state index in [1.165, 1.54) is 0 Å². The van der Waals surface area contributed by atoms with Crippen LogP contribution in [-0.4, -0.2) is 35.6 Å². The lowest BCUT2D eigenvalue weighted by Crippen LogP contribution is -2.32. The lowest BCUT2D eigenvalue weighted by Gasteiger charge is -2.20. The van der Waals surface area contributed by atoms with Crippen LogP contribution in [0.1, 0.15) is 25.3 Å². The van der Waals surface area contributed by atoms with Gasteiger partial charge < -0.3 is 10.0 Å². The second-order valence-electron chi connectivity index (χ2n) is 5.70. The summed E-state index contributed by atoms with van der Waals surface area (Å²) in [6.45, 7) is 4.17. The van der Waals surface area contributed by atoms with E-state index in [1.807, 2.05) is 25.1 Å². The number of hydrogen-bond donors (Lipinski definition) is 1. The Kier molecular flexibility index (Phi) is 4.95. The monoisotopic (exact) mass is 315 g/mol. The molecule has 2 rings (SSSR count). The Labute approximate surface area is 129 Å². The number of nitrogens with zero attached hydrogens (tertiary/aromatic N) is 1. The number of aliphatic carboxylic acids is 1. The Morgan fingerprint density at radius 1 is 1.40 bits per heavy atom. The molecule has 20 heavy (non-hydrogen) atoms. The molecular weight excluding hydrogens is 297 g/mol. The predicted octanol–water partition coefficient (Wildman–Crippen LogP) is 3.72. The van der Waals surface area contributed by atoms with E-state index in [0.717, 1.165) is 37.9 Å². The highest BCUT2D eigenvalue weighted by Gasteiger charge is 2.39. The third kappa shape index (κ3) is 3.46. The number of carboxylic acid groups (broad SMARTS) is 1. The van der Waals surface area contributed by atoms with Gasteiger partial charge in [0.2, 0.25) is 0 Å². The van der Waals surface area contributed by atoms with Crippen LogP contribution in [-0.2, 0) is 11.2 Å². The molecule has 1 fully saturated rings. The maximum atomic E-state index is 11.2. The Morgan fingerprint density at radius 2 is 2.05 bits per heavy atom. The lowest BCUT2D eigenvalue weighted by atomic mass is 9.90. The second-order valence-corrected chi connectivity index (χ2v) is 6.51. The summed E-state index contributed by atoms with van der Waals surface area (Å²) >= 11 is 12.3. The summed E-state index contributed by atoms with van der Waals surface area (Å²) in [4.78, 5) is 13.4. The van der Waals surface area contributed by atoms with E-state index >= 15 is 0 Å². The lowest BCUT2D eigenvalue weighted by molar-refractivity contribution is -0.147. The SMILES string of the molecule is CC1(C(=O)O)CCN(CCCc2c(Cl)cccc2Cl)C1. The number of carbonyl (C=O) groups is 1. The third-order valence-electron chi connectivity index (χ3n) is 4.03. The van der Waals surface area contributed by atoms with Gasteiger partial charge in [-0.3, -0.25) is 4.79 Å². The van der Waals surface area contributed by atoms with Gasteiger partial charge in [-0.25, -0.2) is 0 Å². The molecule has 5 heteroatoms. The van der Waals surface area contributed by atoms with Gasteiger partial charge in [-0.1, -0.05) is 29.3 Å². The molecule has 0 bridgehead atoms. The minimum absolute atomic E-state index is 0.595. The number of rotatable bonds is 5. The first-order valence-electron chi connectivity index (χ1n) is 6.81. The van der Waals surface area contributed by atoms with Gasteiger partial charge in [0, 0.05) is 16.6 Å². The van der Waals surface area contributed by atoms with E-state index in [1.54, 1.807) is 0 Å². The molecule has 1 N–H and O–H groups in total. The van der Waals surface area contributed by atoms with Gasteiger partial charge in [0.15, 0.2) is 0 Å². The van der Waals surface area contributed by atoms with E-state index in [4.69, 9.17) is 23.2 Å². The van der Waals surface area contributed by atoms with Gasteiger partial charge in [0.1, 0.15) is 0 Å². The molecule has 0 aromatic heterocycles. The molecule has 0 saturated carbocycles. The average molecular weight is 316 g/mol. The van der Waals surface area contributed by atoms with Gasteiger partial charge >= 0.3 is 5.97 Å². The van der Waals surface area contributed by atoms with Crippen molar-refractivity contribution in [1.29, 1.82) is 0 Å². The van der Waals surface area contributed by atoms with Crippen LogP contribution in [0.3, 0.4) is 0 Å². The quantitative estimate of drug-likeness (QED) is 0.900. The molecule has 110 valence electrons. The molecule has 1 aliphatic heterocycles. The Hall–Kier alpha value is -0.770. The van der Waals surface area contributed by atoms with Gasteiger partial charge in [0.25, 0.3) is 0 Å². The summed E-state index contributed by atoms with van der Waals surface area (Å²) in [5.41, 5.74) is 0.387. The van der Waals surface area contributed by atoms with Crippen LogP contribution < -0.4 is 0 Å². The van der Waals surface area contributed by atoms with E-state index in [-0.39, 0.29) is 0 Å². The fourth-order valence-corrected chi connectivity index (χ4v) is 3.26. The molecular formula is C15H19Cl2NO2. The van der Waals surface area contributed by atoms with Crippen LogP contribution in [0.5, 0.6) is 0 Å². The van der Waals surface area contributed by atoms with Crippen molar-refractivity contribution in [3.63, 3.8) is 0 Å². The highest BCUT2D eigenvalue weighted by molar-refractivity contribution is 6.35. The number of carboxylic acids is 1. The predicted molar refractivity (Wildman–Crippen MR) is 81.6 cm³/mol. The first-order chi connectivity index (χ1) is 9.42. The molecule has 0 amide bonds. The highest BCUT2D eigenvalue weighted by atomic mass is 35.5. The number of benzene rings is 1. The molecule has 1 atom stereocenters. The minimum Gasteiger partial charge on any atom is -0.481 e. The zero-order valence-electron chi connectivity index (χ0n) is 11.5. The van der Waals surface area contributed by atoms with E-state index in [0.29, 0.717) is 16.6 Å². The van der Waals surface area contributed by atoms with Gasteiger partial charge in [-0.2, -0.15) is 0 Å². The third-order valence-corrected chi connectivity index (χ3v) is 4.74. The Bertz CT molecular complexity index is 486. The van der Waals surface area contributed by atoms with Crippen LogP contribution in [0.15, 0.2) is 18.2 Å². The molecule has 0 aliphatic carbocycles. The Balaban J connectivity index is 1.84. The zero-order valence-corrected chi connectivity index (χ0v) is 13.0. The largest absolute Gasteiger partial charge is 0.481 e. The maximum absolute atomic E-state index is 11.2. The molecule has 1 unspecified atom stereocenters. The summed E-state index contributed by atoms with van der Waals surface area (Å²) in [6, 6.07) is 5.53. The summed E-state index contributed by atoms with van der Waals surface area (Å²) in [5, 5.41) is 10.6. The molecule has 0 radical (unpaired) electrons. The van der Waals surface area contributed by atoms with E-state index in [9.17, 15) is 9.90 Å². The first kappa shape index (κ1) is 15.6. The smallest absolute Gasteiger partial charge is 0.310 e. The summed E-state index contributed by atoms with van der Waals surface area (Å²) in [6.07, 6.45) is 2.47. The summed E-state index contributed by atoms with van der Waals surface area (Å²) < 4.78 is 0. The molecule has 1 heterocycles. The van der Waals surface area contributed by atoms with E-state index in [2.05, 4.69) is 4.90 Å². The molecule has 1 saturated heterocycles. The van der Waals surface area contributed by atoms with Crippen LogP contribution in [0.25, 0.3) is 0 Å². The minimum atomic E-state index is -0.700. The number of likely N-dealkylation sites (tertiary alicyclic amines) is 1. The van der Waals surface area contributed by atoms with E-state index < -0.39 is 11.4 Å². The van der Waals surface area contributed by atoms with Crippen molar-refractivity contribution in [2.75, 3.05) is 19.6 Å². The van der Waals surface area contributed by atoms with Gasteiger partial charge in [-0.15, -0.1) is 0 Å². The van der Waals surface area contributed by atoms with Crippen LogP contribution >= 0.6 is 23.2 Å². The molecule has 3 nitrogen and oxygen atoms in total. The molecule has 1 aromatic carbocycles. The molecule has 0 spiro atoms. The summed E-state index contributed by atoms with van der Waals surface area (Å²) in [5.74, 6) is -0.700. The zero-order chi connectivity index (χ0) is 14.8. The van der Waals surface area contributed by atoms with Crippen molar-refractivity contribution in [1.82, 2.24) is 4.90 Å². The van der Waals surface area contributed by atoms with Crippen LogP contribution in [0, 0.1) is 5.41 Å². The second kappa shape index (κ2) is 6.33. The van der Waals surface area contributed by atoms with Crippen molar-refractivity contribution < 1.29 is 9.90 Å². The number of halogens is 2. The van der Waals surface area contributed by atoms with Gasteiger partial charge in [0.05, 0.1) is 5.41 Å². The maximum Gasteiger partial charge on any atom is 0.310 e. The van der Waals surface area contributed by atoms with Crippen molar-refractivity contribution in [3.8, 4) is 0 Å². The first-order valence-corrected chi connectivity index (χ1v) is 7.56. The van der Waals surface area contributed by atoms with Gasteiger partial charge in [-0.05, 0) is 57.0 Å². The number of hydrogen-bond acceptors (Lipinski definition) is 2. The topological polar surface area (TPSA) is 40.5 Å². The summed E-state index contributed by atoms with van der Waals surface area (Å²) in [7, 11) is 0. The Morgan fingerprint density at radius 3 is 2.60 bits per heavy atom. The fourth-order valence-electron chi connectivity index (χ4n) is 2.67. The van der Waals surface area contributed by atoms with Crippen molar-refractivity contribution in [2.24, 2.45) is 5.41 Å². The van der Waals surface area contributed by atoms with Crippen LogP contribution in [0.2, 0.25) is 10.0 Å². The molecule has 1 aliphatic rings. The standard InChI is InChI=1S/C15H19Cl2NO2/c1-15(14(19)20)7-9-18(10-15)8-3-4-11-12(16)5-2-6-13(11)17/h2,5-6H,3-4,7-10H2,1H3,(H,19,20). The van der Waals surface area contributed by atoms with Crippen molar-refractivity contribution >= 4 is 29.2 Å². The average Bonchev–Trinajstić information content (AvgIpc) is 2.76. The van der Waals surface area contributed by atoms with Crippen LogP contribution in [0.4, 0.5) is 0 Å².